The van der Waals surface area contributed by atoms with Crippen molar-refractivity contribution in [2.24, 2.45) is 5.73 Å². The normalized spacial score (nSPS) is 18.1. The van der Waals surface area contributed by atoms with Gasteiger partial charge in [0.2, 0.25) is 5.91 Å². The summed E-state index contributed by atoms with van der Waals surface area (Å²) >= 11 is 11.1. The van der Waals surface area contributed by atoms with Gasteiger partial charge in [-0.1, -0.05) is 23.8 Å². The summed E-state index contributed by atoms with van der Waals surface area (Å²) in [5.74, 6) is -0.0207. The molecule has 0 bridgehead atoms. The fourth-order valence-corrected chi connectivity index (χ4v) is 2.60. The lowest BCUT2D eigenvalue weighted by Crippen LogP contribution is -2.62. The Hall–Kier alpha value is -1.33. The minimum atomic E-state index is -0.664. The lowest BCUT2D eigenvalue weighted by atomic mass is 9.96. The Kier molecular flexibility index (Phi) is 3.69. The number of nitrogens with zero attached hydrogens (tertiary/aromatic N) is 1. The van der Waals surface area contributed by atoms with Crippen molar-refractivity contribution in [3.63, 3.8) is 0 Å². The molecule has 19 heavy (non-hydrogen) atoms. The second-order valence-electron chi connectivity index (χ2n) is 4.99. The van der Waals surface area contributed by atoms with Crippen LogP contribution in [0.3, 0.4) is 0 Å². The van der Waals surface area contributed by atoms with E-state index in [1.54, 1.807) is 18.2 Å². The van der Waals surface area contributed by atoms with Gasteiger partial charge in [-0.25, -0.2) is 0 Å². The largest absolute Gasteiger partial charge is 0.389 e. The molecule has 1 aromatic carbocycles. The summed E-state index contributed by atoms with van der Waals surface area (Å²) in [6.45, 7) is 5.01. The molecule has 1 aromatic rings. The highest BCUT2D eigenvalue weighted by Gasteiger charge is 2.38. The zero-order valence-corrected chi connectivity index (χ0v) is 12.4. The zero-order chi connectivity index (χ0) is 14.2. The molecule has 1 aliphatic rings. The number of nitrogens with one attached hydrogen (secondary N) is 1. The molecule has 4 nitrogen and oxygen atoms in total. The van der Waals surface area contributed by atoms with Crippen LogP contribution in [0.2, 0.25) is 5.02 Å². The van der Waals surface area contributed by atoms with E-state index in [-0.39, 0.29) is 5.91 Å². The summed E-state index contributed by atoms with van der Waals surface area (Å²) in [6, 6.07) is 5.34. The number of piperazine rings is 1. The molecule has 1 saturated heterocycles. The number of carbonyl (C=O) groups is 1. The van der Waals surface area contributed by atoms with Crippen molar-refractivity contribution < 1.29 is 4.79 Å². The third-order valence-electron chi connectivity index (χ3n) is 3.37. The molecule has 6 heteroatoms. The third kappa shape index (κ3) is 2.53. The number of hydrogen-bond donors (Lipinski definition) is 2. The summed E-state index contributed by atoms with van der Waals surface area (Å²) in [7, 11) is 0. The van der Waals surface area contributed by atoms with E-state index in [0.717, 1.165) is 11.3 Å². The summed E-state index contributed by atoms with van der Waals surface area (Å²) in [4.78, 5) is 14.3. The van der Waals surface area contributed by atoms with E-state index in [0.29, 0.717) is 23.1 Å². The van der Waals surface area contributed by atoms with Crippen LogP contribution in [0.4, 0.5) is 5.69 Å². The predicted molar refractivity (Wildman–Crippen MR) is 81.8 cm³/mol. The number of hydrogen-bond acceptors (Lipinski definition) is 3. The SMILES string of the molecule is CC1(C)C(=O)NCCN1c1cc(Cl)ccc1C(N)=S. The zero-order valence-electron chi connectivity index (χ0n) is 10.9. The first-order chi connectivity index (χ1) is 8.84. The summed E-state index contributed by atoms with van der Waals surface area (Å²) in [5, 5.41) is 3.45. The Morgan fingerprint density at radius 1 is 1.53 bits per heavy atom. The van der Waals surface area contributed by atoms with Gasteiger partial charge >= 0.3 is 0 Å². The van der Waals surface area contributed by atoms with Crippen molar-refractivity contribution in [3.8, 4) is 0 Å². The fraction of sp³-hybridized carbons (Fsp3) is 0.385. The van der Waals surface area contributed by atoms with Crippen molar-refractivity contribution in [1.29, 1.82) is 0 Å². The van der Waals surface area contributed by atoms with E-state index in [4.69, 9.17) is 29.6 Å². The van der Waals surface area contributed by atoms with Crippen molar-refractivity contribution >= 4 is 40.4 Å². The number of benzene rings is 1. The van der Waals surface area contributed by atoms with Crippen molar-refractivity contribution in [2.75, 3.05) is 18.0 Å². The topological polar surface area (TPSA) is 58.4 Å². The maximum absolute atomic E-state index is 12.0. The average Bonchev–Trinajstić information content (AvgIpc) is 2.32. The van der Waals surface area contributed by atoms with Crippen LogP contribution in [0.15, 0.2) is 18.2 Å². The molecular weight excluding hydrogens is 282 g/mol. The molecule has 1 heterocycles. The third-order valence-corrected chi connectivity index (χ3v) is 3.82. The quantitative estimate of drug-likeness (QED) is 0.816. The van der Waals surface area contributed by atoms with E-state index in [1.807, 2.05) is 18.7 Å². The maximum atomic E-state index is 12.0. The number of amides is 1. The van der Waals surface area contributed by atoms with Crippen molar-refractivity contribution in [2.45, 2.75) is 19.4 Å². The second kappa shape index (κ2) is 4.98. The predicted octanol–water partition coefficient (Wildman–Crippen LogP) is 1.69. The number of thiocarbonyl (C=S) groups is 1. The van der Waals surface area contributed by atoms with Crippen LogP contribution in [0, 0.1) is 0 Å². The summed E-state index contributed by atoms with van der Waals surface area (Å²) in [5.41, 5.74) is 6.63. The van der Waals surface area contributed by atoms with Gasteiger partial charge in [0.05, 0.1) is 0 Å². The van der Waals surface area contributed by atoms with Crippen LogP contribution in [0.5, 0.6) is 0 Å². The highest BCUT2D eigenvalue weighted by molar-refractivity contribution is 7.80. The van der Waals surface area contributed by atoms with Gasteiger partial charge in [0.25, 0.3) is 0 Å². The van der Waals surface area contributed by atoms with Gasteiger partial charge in [-0.3, -0.25) is 4.79 Å². The smallest absolute Gasteiger partial charge is 0.245 e. The minimum Gasteiger partial charge on any atom is -0.389 e. The van der Waals surface area contributed by atoms with E-state index >= 15 is 0 Å². The van der Waals surface area contributed by atoms with Gasteiger partial charge in [0, 0.05) is 29.4 Å². The molecule has 3 N–H and O–H groups in total. The molecular formula is C13H16ClN3OS. The highest BCUT2D eigenvalue weighted by atomic mass is 35.5. The Labute approximate surface area is 122 Å². The lowest BCUT2D eigenvalue weighted by Gasteiger charge is -2.43. The summed E-state index contributed by atoms with van der Waals surface area (Å²) in [6.07, 6.45) is 0. The van der Waals surface area contributed by atoms with Crippen LogP contribution in [-0.2, 0) is 4.79 Å². The molecule has 0 unspecified atom stereocenters. The lowest BCUT2D eigenvalue weighted by molar-refractivity contribution is -0.126. The molecule has 0 radical (unpaired) electrons. The standard InChI is InChI=1S/C13H16ClN3OS/c1-13(2)12(18)16-5-6-17(13)10-7-8(14)3-4-9(10)11(15)19/h3-4,7H,5-6H2,1-2H3,(H2,15,19)(H,16,18). The molecule has 102 valence electrons. The molecule has 1 amide bonds. The van der Waals surface area contributed by atoms with Gasteiger partial charge in [-0.2, -0.15) is 0 Å². The highest BCUT2D eigenvalue weighted by Crippen LogP contribution is 2.31. The van der Waals surface area contributed by atoms with E-state index in [1.165, 1.54) is 0 Å². The molecule has 0 spiro atoms. The van der Waals surface area contributed by atoms with Gasteiger partial charge in [-0.05, 0) is 32.0 Å². The second-order valence-corrected chi connectivity index (χ2v) is 5.87. The van der Waals surface area contributed by atoms with Gasteiger partial charge in [0.1, 0.15) is 10.5 Å². The van der Waals surface area contributed by atoms with E-state index in [9.17, 15) is 4.79 Å². The Bertz CT molecular complexity index is 545. The maximum Gasteiger partial charge on any atom is 0.245 e. The first kappa shape index (κ1) is 14.1. The number of halogens is 1. The molecule has 2 rings (SSSR count). The van der Waals surface area contributed by atoms with Crippen LogP contribution in [0.25, 0.3) is 0 Å². The number of nitrogens with two attached hydrogens (primary N) is 1. The van der Waals surface area contributed by atoms with Crippen molar-refractivity contribution in [3.05, 3.63) is 28.8 Å². The number of rotatable bonds is 2. The van der Waals surface area contributed by atoms with Gasteiger partial charge in [-0.15, -0.1) is 0 Å². The first-order valence-corrected chi connectivity index (χ1v) is 6.78. The average molecular weight is 298 g/mol. The fourth-order valence-electron chi connectivity index (χ4n) is 2.26. The Morgan fingerprint density at radius 3 is 2.84 bits per heavy atom. The van der Waals surface area contributed by atoms with Gasteiger partial charge in [0.15, 0.2) is 0 Å². The molecule has 0 aromatic heterocycles. The monoisotopic (exact) mass is 297 g/mol. The molecule has 0 aliphatic carbocycles. The molecule has 0 saturated carbocycles. The van der Waals surface area contributed by atoms with Crippen LogP contribution < -0.4 is 16.0 Å². The Balaban J connectivity index is 2.54. The number of carbonyl (C=O) groups excluding carboxylic acids is 1. The van der Waals surface area contributed by atoms with Crippen LogP contribution in [-0.4, -0.2) is 29.5 Å². The van der Waals surface area contributed by atoms with Crippen LogP contribution >= 0.6 is 23.8 Å². The van der Waals surface area contributed by atoms with Crippen molar-refractivity contribution in [1.82, 2.24) is 5.32 Å². The number of anilines is 1. The molecule has 1 fully saturated rings. The minimum absolute atomic E-state index is 0.0207. The molecule has 0 atom stereocenters. The molecule has 1 aliphatic heterocycles. The van der Waals surface area contributed by atoms with Gasteiger partial charge < -0.3 is 16.0 Å². The van der Waals surface area contributed by atoms with Crippen LogP contribution in [0.1, 0.15) is 19.4 Å². The Morgan fingerprint density at radius 2 is 2.21 bits per heavy atom. The summed E-state index contributed by atoms with van der Waals surface area (Å²) < 4.78 is 0. The first-order valence-electron chi connectivity index (χ1n) is 5.99. The van der Waals surface area contributed by atoms with E-state index in [2.05, 4.69) is 5.32 Å². The van der Waals surface area contributed by atoms with E-state index < -0.39 is 5.54 Å².